The van der Waals surface area contributed by atoms with E-state index in [0.29, 0.717) is 11.1 Å². The third kappa shape index (κ3) is 5.14. The zero-order valence-corrected chi connectivity index (χ0v) is 18.4. The number of pyridine rings is 1. The molecule has 1 heterocycles. The molecule has 0 bridgehead atoms. The van der Waals surface area contributed by atoms with E-state index in [1.54, 1.807) is 0 Å². The summed E-state index contributed by atoms with van der Waals surface area (Å²) in [5.74, 6) is 3.12. The van der Waals surface area contributed by atoms with Crippen molar-refractivity contribution < 1.29 is 13.0 Å². The van der Waals surface area contributed by atoms with Crippen LogP contribution in [0.15, 0.2) is 41.4 Å². The number of aromatic nitrogens is 1. The number of hydrogen-bond acceptors (Lipinski definition) is 4. The monoisotopic (exact) mass is 498 g/mol. The van der Waals surface area contributed by atoms with Crippen LogP contribution in [-0.2, 0) is 11.0 Å². The summed E-state index contributed by atoms with van der Waals surface area (Å²) in [7, 11) is -2.05. The van der Waals surface area contributed by atoms with Crippen molar-refractivity contribution in [2.45, 2.75) is 4.90 Å². The summed E-state index contributed by atoms with van der Waals surface area (Å²) >= 11 is 17.9. The van der Waals surface area contributed by atoms with Gasteiger partial charge in [-0.2, -0.15) is 0 Å². The smallest absolute Gasteiger partial charge is 0.165 e. The number of rotatable bonds is 4. The van der Waals surface area contributed by atoms with Crippen molar-refractivity contribution in [3.8, 4) is 11.8 Å². The van der Waals surface area contributed by atoms with Crippen LogP contribution in [-0.4, -0.2) is 15.4 Å². The SMILES string of the molecule is N=Cc1cc(C#Cc2c(F)ccc(NS(=O)c3cc(Cl)cc(Cl)c3Cl)c2F)cnc1N. The molecule has 4 N–H and O–H groups in total. The molecule has 2 aromatic carbocycles. The Morgan fingerprint density at radius 2 is 1.90 bits per heavy atom. The molecule has 0 amide bonds. The Balaban J connectivity index is 1.95. The average molecular weight is 500 g/mol. The van der Waals surface area contributed by atoms with Crippen molar-refractivity contribution in [1.82, 2.24) is 4.98 Å². The van der Waals surface area contributed by atoms with Crippen molar-refractivity contribution in [2.75, 3.05) is 10.5 Å². The molecule has 0 aliphatic carbocycles. The number of benzene rings is 2. The summed E-state index contributed by atoms with van der Waals surface area (Å²) < 4.78 is 44.1. The van der Waals surface area contributed by atoms with E-state index < -0.39 is 28.2 Å². The van der Waals surface area contributed by atoms with Crippen molar-refractivity contribution in [2.24, 2.45) is 0 Å². The fraction of sp³-hybridized carbons (Fsp3) is 0. The Kier molecular flexibility index (Phi) is 7.13. The van der Waals surface area contributed by atoms with Crippen molar-refractivity contribution in [1.29, 1.82) is 5.41 Å². The molecule has 0 radical (unpaired) electrons. The van der Waals surface area contributed by atoms with Gasteiger partial charge in [-0.3, -0.25) is 4.72 Å². The first kappa shape index (κ1) is 23.0. The fourth-order valence-corrected chi connectivity index (χ4v) is 4.29. The van der Waals surface area contributed by atoms with Crippen LogP contribution in [0.4, 0.5) is 20.3 Å². The molecule has 0 aliphatic rings. The minimum Gasteiger partial charge on any atom is -0.383 e. The summed E-state index contributed by atoms with van der Waals surface area (Å²) in [5.41, 5.74) is 5.40. The minimum absolute atomic E-state index is 0.0164. The first-order valence-corrected chi connectivity index (χ1v) is 10.6. The van der Waals surface area contributed by atoms with E-state index in [1.807, 2.05) is 0 Å². The first-order valence-electron chi connectivity index (χ1n) is 8.30. The first-order chi connectivity index (χ1) is 14.7. The van der Waals surface area contributed by atoms with Crippen LogP contribution in [0.3, 0.4) is 0 Å². The maximum Gasteiger partial charge on any atom is 0.165 e. The van der Waals surface area contributed by atoms with Gasteiger partial charge in [0.15, 0.2) is 16.8 Å². The van der Waals surface area contributed by atoms with Gasteiger partial charge < -0.3 is 11.1 Å². The zero-order chi connectivity index (χ0) is 22.7. The van der Waals surface area contributed by atoms with E-state index in [9.17, 15) is 13.0 Å². The van der Waals surface area contributed by atoms with Gasteiger partial charge in [0.2, 0.25) is 0 Å². The lowest BCUT2D eigenvalue weighted by molar-refractivity contribution is 0.580. The molecular weight excluding hydrogens is 489 g/mol. The highest BCUT2D eigenvalue weighted by Crippen LogP contribution is 2.32. The van der Waals surface area contributed by atoms with E-state index in [1.165, 1.54) is 24.4 Å². The van der Waals surface area contributed by atoms with Crippen LogP contribution in [0.2, 0.25) is 15.1 Å². The van der Waals surface area contributed by atoms with E-state index in [4.69, 9.17) is 45.9 Å². The van der Waals surface area contributed by atoms with Gasteiger partial charge in [-0.05, 0) is 30.3 Å². The topological polar surface area (TPSA) is 91.9 Å². The highest BCUT2D eigenvalue weighted by atomic mass is 35.5. The van der Waals surface area contributed by atoms with Gasteiger partial charge in [0.25, 0.3) is 0 Å². The van der Waals surface area contributed by atoms with Crippen LogP contribution < -0.4 is 10.5 Å². The summed E-state index contributed by atoms with van der Waals surface area (Å²) in [6.07, 6.45) is 2.30. The molecule has 1 atom stereocenters. The Morgan fingerprint density at radius 1 is 1.16 bits per heavy atom. The second kappa shape index (κ2) is 9.62. The Labute approximate surface area is 193 Å². The highest BCUT2D eigenvalue weighted by Gasteiger charge is 2.18. The average Bonchev–Trinajstić information content (AvgIpc) is 2.73. The maximum absolute atomic E-state index is 14.9. The van der Waals surface area contributed by atoms with Gasteiger partial charge in [-0.15, -0.1) is 0 Å². The van der Waals surface area contributed by atoms with E-state index in [0.717, 1.165) is 18.3 Å². The lowest BCUT2D eigenvalue weighted by Crippen LogP contribution is -2.08. The molecule has 1 unspecified atom stereocenters. The van der Waals surface area contributed by atoms with E-state index in [-0.39, 0.29) is 31.5 Å². The van der Waals surface area contributed by atoms with Crippen molar-refractivity contribution in [3.05, 3.63) is 79.9 Å². The maximum atomic E-state index is 14.9. The largest absolute Gasteiger partial charge is 0.383 e. The van der Waals surface area contributed by atoms with Crippen LogP contribution in [0.1, 0.15) is 16.7 Å². The van der Waals surface area contributed by atoms with Gasteiger partial charge in [-0.1, -0.05) is 46.6 Å². The van der Waals surface area contributed by atoms with Gasteiger partial charge in [0.05, 0.1) is 26.2 Å². The summed E-state index contributed by atoms with van der Waals surface area (Å²) in [6, 6.07) is 6.19. The molecule has 31 heavy (non-hydrogen) atoms. The van der Waals surface area contributed by atoms with Crippen LogP contribution in [0.5, 0.6) is 0 Å². The number of halogens is 5. The van der Waals surface area contributed by atoms with Gasteiger partial charge in [0, 0.05) is 28.6 Å². The predicted molar refractivity (Wildman–Crippen MR) is 120 cm³/mol. The normalized spacial score (nSPS) is 11.4. The van der Waals surface area contributed by atoms with Crippen molar-refractivity contribution in [3.63, 3.8) is 0 Å². The van der Waals surface area contributed by atoms with Crippen LogP contribution in [0, 0.1) is 28.9 Å². The quantitative estimate of drug-likeness (QED) is 0.254. The molecule has 0 fully saturated rings. The summed E-state index contributed by atoms with van der Waals surface area (Å²) in [4.78, 5) is 3.90. The zero-order valence-electron chi connectivity index (χ0n) is 15.3. The molecule has 11 heteroatoms. The molecular formula is C20H11Cl3F2N4OS. The fourth-order valence-electron chi connectivity index (χ4n) is 2.38. The second-order valence-corrected chi connectivity index (χ2v) is 8.35. The molecule has 3 aromatic rings. The molecule has 5 nitrogen and oxygen atoms in total. The standard InChI is InChI=1S/C20H11Cl3F2N4OS/c21-12-6-14(22)18(23)17(7-12)31(30)29-16-4-3-15(24)13(19(16)25)2-1-10-5-11(8-26)20(27)28-9-10/h3-9,26,29H,(H2,27,28). The predicted octanol–water partition coefficient (Wildman–Crippen LogP) is 5.43. The van der Waals surface area contributed by atoms with Gasteiger partial charge >= 0.3 is 0 Å². The van der Waals surface area contributed by atoms with Gasteiger partial charge in [0.1, 0.15) is 11.6 Å². The molecule has 158 valence electrons. The van der Waals surface area contributed by atoms with E-state index >= 15 is 0 Å². The number of nitrogen functional groups attached to an aromatic ring is 1. The Bertz CT molecular complexity index is 1290. The lowest BCUT2D eigenvalue weighted by Gasteiger charge is -2.11. The number of nitrogens with one attached hydrogen (secondary N) is 2. The number of anilines is 2. The molecule has 0 aliphatic heterocycles. The molecule has 0 saturated heterocycles. The summed E-state index contributed by atoms with van der Waals surface area (Å²) in [5, 5.41) is 7.52. The van der Waals surface area contributed by atoms with Crippen LogP contribution in [0.25, 0.3) is 0 Å². The third-order valence-corrected chi connectivity index (χ3v) is 6.15. The Morgan fingerprint density at radius 3 is 2.61 bits per heavy atom. The number of hydrogen-bond donors (Lipinski definition) is 3. The second-order valence-electron chi connectivity index (χ2n) is 5.95. The summed E-state index contributed by atoms with van der Waals surface area (Å²) in [6.45, 7) is 0. The minimum atomic E-state index is -2.05. The van der Waals surface area contributed by atoms with E-state index in [2.05, 4.69) is 21.5 Å². The number of nitrogens with zero attached hydrogens (tertiary/aromatic N) is 1. The third-order valence-electron chi connectivity index (χ3n) is 3.89. The van der Waals surface area contributed by atoms with Gasteiger partial charge in [-0.25, -0.2) is 18.0 Å². The number of nitrogens with two attached hydrogens (primary N) is 1. The highest BCUT2D eigenvalue weighted by molar-refractivity contribution is 7.86. The lowest BCUT2D eigenvalue weighted by atomic mass is 10.1. The van der Waals surface area contributed by atoms with Crippen LogP contribution >= 0.6 is 34.8 Å². The molecule has 0 spiro atoms. The molecule has 1 aromatic heterocycles. The van der Waals surface area contributed by atoms with Crippen molar-refractivity contribution >= 4 is 63.5 Å². The Hall–Kier alpha value is -2.70. The molecule has 3 rings (SSSR count). The molecule has 0 saturated carbocycles.